The van der Waals surface area contributed by atoms with Gasteiger partial charge in [0.1, 0.15) is 12.1 Å². The van der Waals surface area contributed by atoms with Gasteiger partial charge in [-0.25, -0.2) is 0 Å². The molecule has 3 fully saturated rings. The van der Waals surface area contributed by atoms with Crippen molar-refractivity contribution < 1.29 is 19.2 Å². The van der Waals surface area contributed by atoms with Crippen LogP contribution >= 0.6 is 11.8 Å². The number of thioether (sulfide) groups is 1. The van der Waals surface area contributed by atoms with Crippen molar-refractivity contribution in [3.05, 3.63) is 0 Å². The Hall–Kier alpha value is -1.77. The number of carbonyl (C=O) groups is 4. The number of fused-ring (bicyclic) bond motifs is 3. The maximum atomic E-state index is 13.0. The Bertz CT molecular complexity index is 584. The number of nitrogens with two attached hydrogens (primary N) is 1. The first-order valence-electron chi connectivity index (χ1n) is 8.15. The van der Waals surface area contributed by atoms with Crippen molar-refractivity contribution >= 4 is 35.4 Å². The molecule has 2 bridgehead atoms. The summed E-state index contributed by atoms with van der Waals surface area (Å²) >= 11 is 1.75. The molecule has 3 heterocycles. The molecule has 3 aliphatic heterocycles. The van der Waals surface area contributed by atoms with Crippen molar-refractivity contribution in [3.8, 4) is 0 Å². The minimum atomic E-state index is -0.576. The molecule has 0 aromatic carbocycles. The Labute approximate surface area is 144 Å². The van der Waals surface area contributed by atoms with Gasteiger partial charge in [-0.2, -0.15) is 11.8 Å². The largest absolute Gasteiger partial charge is 0.368 e. The van der Waals surface area contributed by atoms with Gasteiger partial charge in [-0.3, -0.25) is 19.2 Å². The van der Waals surface area contributed by atoms with E-state index in [0.29, 0.717) is 19.4 Å². The molecule has 9 heteroatoms. The van der Waals surface area contributed by atoms with Gasteiger partial charge in [0.25, 0.3) is 0 Å². The molecule has 4 amide bonds. The summed E-state index contributed by atoms with van der Waals surface area (Å²) in [5.41, 5.74) is 5.46. The standard InChI is InChI=1S/C15H22N4O4S/c1-8(20)17-5-13(21)18-6-10-4-12(18)15(23)19-9(7-24-10)2-3-11(19)14(16)22/h9-12H,2-7H2,1H3,(H2,16,22)(H,17,20)/t9?,10-,11+,12-/m1/s1. The van der Waals surface area contributed by atoms with Crippen LogP contribution in [0.3, 0.4) is 0 Å². The zero-order valence-corrected chi connectivity index (χ0v) is 14.4. The van der Waals surface area contributed by atoms with Crippen molar-refractivity contribution in [3.63, 3.8) is 0 Å². The molecule has 132 valence electrons. The number of nitrogens with zero attached hydrogens (tertiary/aromatic N) is 2. The van der Waals surface area contributed by atoms with E-state index >= 15 is 0 Å². The summed E-state index contributed by atoms with van der Waals surface area (Å²) < 4.78 is 0. The fraction of sp³-hybridized carbons (Fsp3) is 0.733. The van der Waals surface area contributed by atoms with E-state index in [9.17, 15) is 19.2 Å². The second-order valence-electron chi connectivity index (χ2n) is 6.56. The predicted octanol–water partition coefficient (Wildman–Crippen LogP) is -1.32. The van der Waals surface area contributed by atoms with Crippen LogP contribution in [0.1, 0.15) is 26.2 Å². The fourth-order valence-corrected chi connectivity index (χ4v) is 5.21. The average Bonchev–Trinajstić information content (AvgIpc) is 3.13. The minimum Gasteiger partial charge on any atom is -0.368 e. The lowest BCUT2D eigenvalue weighted by Crippen LogP contribution is -2.55. The lowest BCUT2D eigenvalue weighted by molar-refractivity contribution is -0.147. The quantitative estimate of drug-likeness (QED) is 0.653. The van der Waals surface area contributed by atoms with E-state index in [2.05, 4.69) is 5.32 Å². The van der Waals surface area contributed by atoms with E-state index in [1.807, 2.05) is 0 Å². The summed E-state index contributed by atoms with van der Waals surface area (Å²) in [6.45, 7) is 1.74. The Balaban J connectivity index is 1.80. The van der Waals surface area contributed by atoms with Crippen molar-refractivity contribution in [2.24, 2.45) is 5.73 Å². The fourth-order valence-electron chi connectivity index (χ4n) is 3.81. The second-order valence-corrected chi connectivity index (χ2v) is 7.89. The number of primary amides is 1. The lowest BCUT2D eigenvalue weighted by atomic mass is 10.1. The van der Waals surface area contributed by atoms with E-state index < -0.39 is 18.0 Å². The molecule has 0 radical (unpaired) electrons. The van der Waals surface area contributed by atoms with Crippen molar-refractivity contribution in [2.75, 3.05) is 18.8 Å². The summed E-state index contributed by atoms with van der Waals surface area (Å²) in [6, 6.07) is -1.13. The summed E-state index contributed by atoms with van der Waals surface area (Å²) in [6.07, 6.45) is 1.94. The Morgan fingerprint density at radius 2 is 2.08 bits per heavy atom. The molecule has 1 unspecified atom stereocenters. The van der Waals surface area contributed by atoms with Gasteiger partial charge in [0.05, 0.1) is 6.54 Å². The van der Waals surface area contributed by atoms with Crippen LogP contribution < -0.4 is 11.1 Å². The zero-order chi connectivity index (χ0) is 17.4. The average molecular weight is 354 g/mol. The number of hydrogen-bond donors (Lipinski definition) is 2. The van der Waals surface area contributed by atoms with Crippen LogP contribution in [0.15, 0.2) is 0 Å². The zero-order valence-electron chi connectivity index (χ0n) is 13.6. The first-order valence-corrected chi connectivity index (χ1v) is 9.20. The Morgan fingerprint density at radius 1 is 1.33 bits per heavy atom. The van der Waals surface area contributed by atoms with E-state index in [0.717, 1.165) is 12.2 Å². The number of likely N-dealkylation sites (tertiary alicyclic amines) is 1. The molecule has 0 aromatic rings. The SMILES string of the molecule is CC(=O)NCC(=O)N1C[C@H]2C[C@@H]1C(=O)N1C(CC[C@H]1C(N)=O)CS2. The van der Waals surface area contributed by atoms with Gasteiger partial charge in [0.15, 0.2) is 0 Å². The second kappa shape index (κ2) is 6.62. The molecular weight excluding hydrogens is 332 g/mol. The van der Waals surface area contributed by atoms with Gasteiger partial charge in [-0.15, -0.1) is 0 Å². The highest BCUT2D eigenvalue weighted by atomic mass is 32.2. The molecule has 3 N–H and O–H groups in total. The van der Waals surface area contributed by atoms with Crippen molar-refractivity contribution in [1.82, 2.24) is 15.1 Å². The molecule has 0 spiro atoms. The van der Waals surface area contributed by atoms with E-state index in [1.54, 1.807) is 21.6 Å². The van der Waals surface area contributed by atoms with Gasteiger partial charge in [-0.1, -0.05) is 0 Å². The summed E-state index contributed by atoms with van der Waals surface area (Å²) in [7, 11) is 0. The summed E-state index contributed by atoms with van der Waals surface area (Å²) in [5, 5.41) is 2.70. The van der Waals surface area contributed by atoms with E-state index in [-0.39, 0.29) is 35.6 Å². The molecule has 0 aromatic heterocycles. The number of rotatable bonds is 3. The Morgan fingerprint density at radius 3 is 2.75 bits per heavy atom. The molecule has 24 heavy (non-hydrogen) atoms. The number of amides is 4. The smallest absolute Gasteiger partial charge is 0.246 e. The third-order valence-corrected chi connectivity index (χ3v) is 6.36. The first kappa shape index (κ1) is 17.1. The molecule has 3 saturated heterocycles. The monoisotopic (exact) mass is 354 g/mol. The normalized spacial score (nSPS) is 32.1. The molecule has 0 aliphatic carbocycles. The Kier molecular flexibility index (Phi) is 4.71. The summed E-state index contributed by atoms with van der Waals surface area (Å²) in [5.74, 6) is -0.447. The molecule has 4 atom stereocenters. The highest BCUT2D eigenvalue weighted by Gasteiger charge is 2.49. The van der Waals surface area contributed by atoms with Crippen LogP contribution in [0.4, 0.5) is 0 Å². The summed E-state index contributed by atoms with van der Waals surface area (Å²) in [4.78, 5) is 51.3. The minimum absolute atomic E-state index is 0.00990. The van der Waals surface area contributed by atoms with Crippen LogP contribution in [0.5, 0.6) is 0 Å². The van der Waals surface area contributed by atoms with Crippen LogP contribution in [0.25, 0.3) is 0 Å². The maximum absolute atomic E-state index is 13.0. The number of nitrogens with one attached hydrogen (secondary N) is 1. The highest BCUT2D eigenvalue weighted by molar-refractivity contribution is 8.00. The lowest BCUT2D eigenvalue weighted by Gasteiger charge is -2.34. The predicted molar refractivity (Wildman–Crippen MR) is 87.9 cm³/mol. The highest BCUT2D eigenvalue weighted by Crippen LogP contribution is 2.37. The topological polar surface area (TPSA) is 113 Å². The van der Waals surface area contributed by atoms with Gasteiger partial charge in [-0.05, 0) is 19.3 Å². The van der Waals surface area contributed by atoms with Crippen molar-refractivity contribution in [1.29, 1.82) is 0 Å². The van der Waals surface area contributed by atoms with Crippen LogP contribution in [-0.2, 0) is 19.2 Å². The maximum Gasteiger partial charge on any atom is 0.246 e. The van der Waals surface area contributed by atoms with Gasteiger partial charge in [0.2, 0.25) is 23.6 Å². The first-order chi connectivity index (χ1) is 11.4. The van der Waals surface area contributed by atoms with Gasteiger partial charge < -0.3 is 20.9 Å². The van der Waals surface area contributed by atoms with Gasteiger partial charge >= 0.3 is 0 Å². The van der Waals surface area contributed by atoms with Gasteiger partial charge in [0, 0.05) is 30.5 Å². The molecular formula is C15H22N4O4S. The van der Waals surface area contributed by atoms with Crippen LogP contribution in [-0.4, -0.2) is 75.6 Å². The number of carbonyl (C=O) groups excluding carboxylic acids is 4. The third kappa shape index (κ3) is 3.09. The third-order valence-electron chi connectivity index (χ3n) is 4.97. The molecule has 3 rings (SSSR count). The van der Waals surface area contributed by atoms with E-state index in [1.165, 1.54) is 6.92 Å². The van der Waals surface area contributed by atoms with E-state index in [4.69, 9.17) is 5.73 Å². The molecule has 0 saturated carbocycles. The van der Waals surface area contributed by atoms with Crippen LogP contribution in [0.2, 0.25) is 0 Å². The molecule has 8 nitrogen and oxygen atoms in total. The molecule has 3 aliphatic rings. The number of hydrogen-bond acceptors (Lipinski definition) is 5. The van der Waals surface area contributed by atoms with Crippen LogP contribution in [0, 0.1) is 0 Å². The van der Waals surface area contributed by atoms with Crippen molar-refractivity contribution in [2.45, 2.75) is 49.6 Å².